The van der Waals surface area contributed by atoms with E-state index in [1.165, 1.54) is 19.1 Å². The van der Waals surface area contributed by atoms with Crippen molar-refractivity contribution in [1.29, 1.82) is 0 Å². The molecule has 0 radical (unpaired) electrons. The minimum Gasteiger partial charge on any atom is -0.494 e. The molecule has 0 atom stereocenters. The van der Waals surface area contributed by atoms with Gasteiger partial charge in [-0.15, -0.1) is 10.2 Å². The van der Waals surface area contributed by atoms with Crippen molar-refractivity contribution in [3.8, 4) is 11.4 Å². The molecule has 12 heteroatoms. The predicted octanol–water partition coefficient (Wildman–Crippen LogP) is 3.57. The van der Waals surface area contributed by atoms with E-state index in [0.717, 1.165) is 11.8 Å². The van der Waals surface area contributed by atoms with Gasteiger partial charge in [0.2, 0.25) is 11.8 Å². The number of aromatic nitrogens is 3. The Hall–Kier alpha value is -3.93. The van der Waals surface area contributed by atoms with Gasteiger partial charge in [-0.05, 0) is 44.2 Å². The lowest BCUT2D eigenvalue weighted by molar-refractivity contribution is -0.384. The van der Waals surface area contributed by atoms with E-state index in [9.17, 15) is 19.7 Å². The summed E-state index contributed by atoms with van der Waals surface area (Å²) in [5.74, 6) is 0.267. The normalized spacial score (nSPS) is 10.5. The number of thioether (sulfide) groups is 1. The van der Waals surface area contributed by atoms with Gasteiger partial charge in [0.05, 0.1) is 29.0 Å². The number of hydrogen-bond acceptors (Lipinski definition) is 8. The summed E-state index contributed by atoms with van der Waals surface area (Å²) in [7, 11) is 0. The topological polar surface area (TPSA) is 141 Å². The molecule has 3 aromatic rings. The Morgan fingerprint density at radius 1 is 1.18 bits per heavy atom. The summed E-state index contributed by atoms with van der Waals surface area (Å²) < 4.78 is 7.04. The second-order valence-corrected chi connectivity index (χ2v) is 7.75. The van der Waals surface area contributed by atoms with Crippen LogP contribution >= 0.6 is 11.8 Å². The number of nitro benzene ring substituents is 1. The minimum atomic E-state index is -0.576. The second kappa shape index (κ2) is 10.6. The van der Waals surface area contributed by atoms with Crippen LogP contribution in [0, 0.1) is 17.0 Å². The molecule has 11 nitrogen and oxygen atoms in total. The van der Waals surface area contributed by atoms with E-state index in [0.29, 0.717) is 34.7 Å². The van der Waals surface area contributed by atoms with Crippen molar-refractivity contribution >= 4 is 40.6 Å². The quantitative estimate of drug-likeness (QED) is 0.275. The summed E-state index contributed by atoms with van der Waals surface area (Å²) in [6.45, 7) is 5.33. The number of hydrogen-bond donors (Lipinski definition) is 2. The number of carbonyl (C=O) groups is 2. The maximum atomic E-state index is 12.5. The van der Waals surface area contributed by atoms with Crippen LogP contribution in [0.15, 0.2) is 47.6 Å². The molecule has 0 aliphatic rings. The largest absolute Gasteiger partial charge is 0.494 e. The lowest BCUT2D eigenvalue weighted by Gasteiger charge is -2.11. The van der Waals surface area contributed by atoms with Crippen molar-refractivity contribution in [2.45, 2.75) is 25.9 Å². The molecule has 33 heavy (non-hydrogen) atoms. The van der Waals surface area contributed by atoms with E-state index < -0.39 is 10.8 Å². The van der Waals surface area contributed by atoms with Gasteiger partial charge in [-0.25, -0.2) is 0 Å². The lowest BCUT2D eigenvalue weighted by atomic mass is 10.2. The summed E-state index contributed by atoms with van der Waals surface area (Å²) in [4.78, 5) is 34.7. The van der Waals surface area contributed by atoms with Crippen molar-refractivity contribution in [2.75, 3.05) is 23.0 Å². The van der Waals surface area contributed by atoms with Gasteiger partial charge in [-0.1, -0.05) is 17.8 Å². The number of ether oxygens (including phenoxy) is 1. The molecule has 1 aromatic heterocycles. The fourth-order valence-electron chi connectivity index (χ4n) is 3.00. The highest BCUT2D eigenvalue weighted by atomic mass is 32.2. The number of aryl methyl sites for hydroxylation is 1. The molecule has 172 valence electrons. The van der Waals surface area contributed by atoms with E-state index in [1.807, 2.05) is 6.07 Å². The first-order valence-corrected chi connectivity index (χ1v) is 10.9. The molecule has 0 saturated heterocycles. The molecular weight excluding hydrogens is 448 g/mol. The highest BCUT2D eigenvalue weighted by Gasteiger charge is 2.19. The molecule has 0 aliphatic heterocycles. The van der Waals surface area contributed by atoms with Crippen LogP contribution in [-0.4, -0.2) is 43.9 Å². The molecule has 0 saturated carbocycles. The Bertz CT molecular complexity index is 1200. The van der Waals surface area contributed by atoms with E-state index in [1.54, 1.807) is 42.7 Å². The number of anilines is 2. The first kappa shape index (κ1) is 23.7. The molecule has 0 fully saturated rings. The van der Waals surface area contributed by atoms with E-state index in [2.05, 4.69) is 20.8 Å². The number of carbonyl (C=O) groups excluding carboxylic acids is 2. The van der Waals surface area contributed by atoms with Crippen LogP contribution in [0.3, 0.4) is 0 Å². The lowest BCUT2D eigenvalue weighted by Crippen LogP contribution is -2.15. The summed E-state index contributed by atoms with van der Waals surface area (Å²) >= 11 is 1.13. The van der Waals surface area contributed by atoms with Gasteiger partial charge >= 0.3 is 0 Å². The summed E-state index contributed by atoms with van der Waals surface area (Å²) in [6, 6.07) is 11.4. The molecule has 1 heterocycles. The number of nitro groups is 1. The standard InChI is InChI=1S/C21H22N6O5S/c1-4-32-17-8-9-18(19(11-17)27(30)31)23-20(29)12-33-21-25-24-13(2)26(21)16-7-5-6-15(10-16)22-14(3)28/h5-11H,4,12H2,1-3H3,(H,22,28)(H,23,29). The molecule has 0 unspecified atom stereocenters. The van der Waals surface area contributed by atoms with Gasteiger partial charge in [0, 0.05) is 12.6 Å². The number of benzene rings is 2. The zero-order valence-electron chi connectivity index (χ0n) is 18.2. The zero-order chi connectivity index (χ0) is 24.0. The molecule has 3 rings (SSSR count). The van der Waals surface area contributed by atoms with Crippen LogP contribution < -0.4 is 15.4 Å². The molecule has 0 bridgehead atoms. The van der Waals surface area contributed by atoms with Gasteiger partial charge in [-0.3, -0.25) is 24.3 Å². The summed E-state index contributed by atoms with van der Waals surface area (Å²) in [5, 5.41) is 25.3. The Labute approximate surface area is 193 Å². The highest BCUT2D eigenvalue weighted by Crippen LogP contribution is 2.30. The number of nitrogens with zero attached hydrogens (tertiary/aromatic N) is 4. The van der Waals surface area contributed by atoms with E-state index in [4.69, 9.17) is 4.74 Å². The maximum Gasteiger partial charge on any atom is 0.296 e. The number of nitrogens with one attached hydrogen (secondary N) is 2. The fourth-order valence-corrected chi connectivity index (χ4v) is 3.80. The van der Waals surface area contributed by atoms with Gasteiger partial charge < -0.3 is 15.4 Å². The zero-order valence-corrected chi connectivity index (χ0v) is 19.0. The first-order valence-electron chi connectivity index (χ1n) is 9.92. The van der Waals surface area contributed by atoms with Gasteiger partial charge in [0.1, 0.15) is 17.3 Å². The van der Waals surface area contributed by atoms with Crippen LogP contribution in [0.4, 0.5) is 17.1 Å². The van der Waals surface area contributed by atoms with Crippen LogP contribution in [0.25, 0.3) is 5.69 Å². The Kier molecular flexibility index (Phi) is 7.61. The molecule has 0 aliphatic carbocycles. The smallest absolute Gasteiger partial charge is 0.296 e. The first-order chi connectivity index (χ1) is 15.8. The number of rotatable bonds is 9. The molecular formula is C21H22N6O5S. The fraction of sp³-hybridized carbons (Fsp3) is 0.238. The Morgan fingerprint density at radius 3 is 2.67 bits per heavy atom. The van der Waals surface area contributed by atoms with Crippen molar-refractivity contribution in [2.24, 2.45) is 0 Å². The van der Waals surface area contributed by atoms with Gasteiger partial charge in [0.25, 0.3) is 5.69 Å². The molecule has 2 aromatic carbocycles. The van der Waals surface area contributed by atoms with Crippen LogP contribution in [0.1, 0.15) is 19.7 Å². The second-order valence-electron chi connectivity index (χ2n) is 6.80. The molecule has 2 amide bonds. The SMILES string of the molecule is CCOc1ccc(NC(=O)CSc2nnc(C)n2-c2cccc(NC(C)=O)c2)c([N+](=O)[O-])c1. The Balaban J connectivity index is 1.74. The van der Waals surface area contributed by atoms with Crippen molar-refractivity contribution in [3.05, 3.63) is 58.4 Å². The Morgan fingerprint density at radius 2 is 1.97 bits per heavy atom. The van der Waals surface area contributed by atoms with Gasteiger partial charge in [-0.2, -0.15) is 0 Å². The third-order valence-corrected chi connectivity index (χ3v) is 5.23. The van der Waals surface area contributed by atoms with Crippen LogP contribution in [0.5, 0.6) is 5.75 Å². The predicted molar refractivity (Wildman–Crippen MR) is 124 cm³/mol. The monoisotopic (exact) mass is 470 g/mol. The van der Waals surface area contributed by atoms with Crippen molar-refractivity contribution in [3.63, 3.8) is 0 Å². The summed E-state index contributed by atoms with van der Waals surface area (Å²) in [5.41, 5.74) is 1.15. The maximum absolute atomic E-state index is 12.5. The summed E-state index contributed by atoms with van der Waals surface area (Å²) in [6.07, 6.45) is 0. The van der Waals surface area contributed by atoms with E-state index >= 15 is 0 Å². The molecule has 0 spiro atoms. The van der Waals surface area contributed by atoms with Crippen LogP contribution in [0.2, 0.25) is 0 Å². The third kappa shape index (κ3) is 6.07. The minimum absolute atomic E-state index is 0.0477. The average molecular weight is 471 g/mol. The van der Waals surface area contributed by atoms with Crippen LogP contribution in [-0.2, 0) is 9.59 Å². The average Bonchev–Trinajstić information content (AvgIpc) is 3.13. The number of amides is 2. The van der Waals surface area contributed by atoms with E-state index in [-0.39, 0.29) is 23.0 Å². The third-order valence-electron chi connectivity index (χ3n) is 4.30. The molecule has 2 N–H and O–H groups in total. The van der Waals surface area contributed by atoms with Crippen molar-refractivity contribution in [1.82, 2.24) is 14.8 Å². The van der Waals surface area contributed by atoms with Gasteiger partial charge in [0.15, 0.2) is 5.16 Å². The highest BCUT2D eigenvalue weighted by molar-refractivity contribution is 7.99. The van der Waals surface area contributed by atoms with Crippen molar-refractivity contribution < 1.29 is 19.2 Å².